The second-order valence-electron chi connectivity index (χ2n) is 7.39. The van der Waals surface area contributed by atoms with Gasteiger partial charge in [0.1, 0.15) is 0 Å². The first kappa shape index (κ1) is 20.2. The van der Waals surface area contributed by atoms with Crippen molar-refractivity contribution in [3.05, 3.63) is 29.8 Å². The summed E-state index contributed by atoms with van der Waals surface area (Å²) in [7, 11) is 0. The molecule has 0 bridgehead atoms. The van der Waals surface area contributed by atoms with Gasteiger partial charge in [0.05, 0.1) is 24.5 Å². The first-order valence-corrected chi connectivity index (χ1v) is 9.07. The average molecular weight is 362 g/mol. The lowest BCUT2D eigenvalue weighted by Gasteiger charge is -2.40. The van der Waals surface area contributed by atoms with E-state index in [1.165, 1.54) is 0 Å². The predicted molar refractivity (Wildman–Crippen MR) is 103 cm³/mol. The van der Waals surface area contributed by atoms with Crippen LogP contribution < -0.4 is 16.0 Å². The minimum absolute atomic E-state index is 0.0188. The molecule has 1 aromatic rings. The lowest BCUT2D eigenvalue weighted by atomic mass is 10.0. The van der Waals surface area contributed by atoms with E-state index in [1.54, 1.807) is 24.3 Å². The van der Waals surface area contributed by atoms with Crippen LogP contribution in [0.1, 0.15) is 38.1 Å². The van der Waals surface area contributed by atoms with Gasteiger partial charge in [0, 0.05) is 31.2 Å². The fourth-order valence-electron chi connectivity index (χ4n) is 2.88. The molecule has 1 aliphatic rings. The number of nitrogens with zero attached hydrogens (tertiary/aromatic N) is 1. The van der Waals surface area contributed by atoms with Gasteiger partial charge < -0.3 is 20.7 Å². The molecule has 3 N–H and O–H groups in total. The van der Waals surface area contributed by atoms with E-state index < -0.39 is 0 Å². The van der Waals surface area contributed by atoms with Crippen molar-refractivity contribution in [2.45, 2.75) is 39.3 Å². The lowest BCUT2D eigenvalue weighted by Crippen LogP contribution is -2.55. The Bertz CT molecular complexity index is 625. The summed E-state index contributed by atoms with van der Waals surface area (Å²) in [5, 5.41) is 8.50. The lowest BCUT2D eigenvalue weighted by molar-refractivity contribution is -0.00923. The molecule has 1 aliphatic heterocycles. The Morgan fingerprint density at radius 3 is 2.50 bits per heavy atom. The predicted octanol–water partition coefficient (Wildman–Crippen LogP) is 2.06. The summed E-state index contributed by atoms with van der Waals surface area (Å²) in [6, 6.07) is 6.70. The number of amides is 3. The Hall–Kier alpha value is -2.12. The third kappa shape index (κ3) is 5.71. The molecule has 144 valence electrons. The summed E-state index contributed by atoms with van der Waals surface area (Å²) < 4.78 is 5.39. The topological polar surface area (TPSA) is 82.7 Å². The molecule has 1 saturated heterocycles. The number of hydrogen-bond donors (Lipinski definition) is 3. The molecule has 0 aliphatic carbocycles. The van der Waals surface area contributed by atoms with Gasteiger partial charge in [0.2, 0.25) is 0 Å². The Balaban J connectivity index is 1.99. The Morgan fingerprint density at radius 1 is 1.19 bits per heavy atom. The maximum absolute atomic E-state index is 12.7. The van der Waals surface area contributed by atoms with Crippen molar-refractivity contribution in [1.82, 2.24) is 15.5 Å². The third-order valence-electron chi connectivity index (χ3n) is 4.39. The maximum Gasteiger partial charge on any atom is 0.319 e. The first-order chi connectivity index (χ1) is 12.3. The molecule has 0 atom stereocenters. The summed E-state index contributed by atoms with van der Waals surface area (Å²) >= 11 is 0. The van der Waals surface area contributed by atoms with Crippen molar-refractivity contribution in [1.29, 1.82) is 0 Å². The zero-order valence-corrected chi connectivity index (χ0v) is 16.1. The van der Waals surface area contributed by atoms with Gasteiger partial charge in [-0.25, -0.2) is 4.79 Å². The van der Waals surface area contributed by atoms with Crippen LogP contribution >= 0.6 is 0 Å². The van der Waals surface area contributed by atoms with Gasteiger partial charge in [-0.1, -0.05) is 12.1 Å². The highest BCUT2D eigenvalue weighted by atomic mass is 16.5. The second-order valence-corrected chi connectivity index (χ2v) is 7.39. The van der Waals surface area contributed by atoms with E-state index in [9.17, 15) is 9.59 Å². The molecule has 0 unspecified atom stereocenters. The molecule has 0 radical (unpaired) electrons. The molecule has 7 nitrogen and oxygen atoms in total. The number of ether oxygens (including phenoxy) is 1. The number of hydrogen-bond acceptors (Lipinski definition) is 4. The van der Waals surface area contributed by atoms with Crippen LogP contribution in [0.25, 0.3) is 0 Å². The van der Waals surface area contributed by atoms with Crippen molar-refractivity contribution in [3.8, 4) is 0 Å². The largest absolute Gasteiger partial charge is 0.379 e. The minimum Gasteiger partial charge on any atom is -0.379 e. The molecule has 2 rings (SSSR count). The molecule has 0 spiro atoms. The van der Waals surface area contributed by atoms with E-state index in [1.807, 2.05) is 13.8 Å². The Labute approximate surface area is 155 Å². The van der Waals surface area contributed by atoms with E-state index in [4.69, 9.17) is 4.74 Å². The van der Waals surface area contributed by atoms with Crippen LogP contribution in [0.5, 0.6) is 0 Å². The molecule has 0 aromatic heterocycles. The van der Waals surface area contributed by atoms with Crippen molar-refractivity contribution in [3.63, 3.8) is 0 Å². The first-order valence-electron chi connectivity index (χ1n) is 9.07. The monoisotopic (exact) mass is 362 g/mol. The molecule has 1 fully saturated rings. The number of urea groups is 1. The molecule has 1 aromatic carbocycles. The minimum atomic E-state index is -0.325. The van der Waals surface area contributed by atoms with Gasteiger partial charge >= 0.3 is 6.03 Å². The van der Waals surface area contributed by atoms with E-state index in [2.05, 4.69) is 34.7 Å². The van der Waals surface area contributed by atoms with Crippen molar-refractivity contribution < 1.29 is 14.3 Å². The summed E-state index contributed by atoms with van der Waals surface area (Å²) in [5.41, 5.74) is 0.771. The summed E-state index contributed by atoms with van der Waals surface area (Å²) in [6.45, 7) is 11.6. The molecular weight excluding hydrogens is 332 g/mol. The number of morpholine rings is 1. The summed E-state index contributed by atoms with van der Waals surface area (Å²) in [5.74, 6) is -0.202. The molecule has 26 heavy (non-hydrogen) atoms. The number of carbonyl (C=O) groups excluding carboxylic acids is 2. The second kappa shape index (κ2) is 9.00. The number of carbonyl (C=O) groups is 2. The smallest absolute Gasteiger partial charge is 0.319 e. The Kier molecular flexibility index (Phi) is 6.99. The normalized spacial score (nSPS) is 15.6. The zero-order valence-electron chi connectivity index (χ0n) is 16.1. The molecule has 3 amide bonds. The number of nitrogens with one attached hydrogen (secondary N) is 3. The maximum atomic E-state index is 12.7. The highest BCUT2D eigenvalue weighted by Crippen LogP contribution is 2.18. The van der Waals surface area contributed by atoms with Crippen molar-refractivity contribution in [2.75, 3.05) is 38.2 Å². The van der Waals surface area contributed by atoms with Crippen LogP contribution in [0.4, 0.5) is 10.5 Å². The molecule has 1 heterocycles. The number of rotatable bonds is 6. The van der Waals surface area contributed by atoms with Crippen LogP contribution in [0.2, 0.25) is 0 Å². The van der Waals surface area contributed by atoms with E-state index >= 15 is 0 Å². The fourth-order valence-corrected chi connectivity index (χ4v) is 2.88. The van der Waals surface area contributed by atoms with Gasteiger partial charge in [0.25, 0.3) is 5.91 Å². The van der Waals surface area contributed by atoms with E-state index in [0.717, 1.165) is 26.3 Å². The highest BCUT2D eigenvalue weighted by Gasteiger charge is 2.29. The quantitative estimate of drug-likeness (QED) is 0.723. The third-order valence-corrected chi connectivity index (χ3v) is 4.39. The van der Waals surface area contributed by atoms with Gasteiger partial charge in [-0.3, -0.25) is 9.69 Å². The van der Waals surface area contributed by atoms with Crippen molar-refractivity contribution in [2.24, 2.45) is 0 Å². The molecule has 0 saturated carbocycles. The fraction of sp³-hybridized carbons (Fsp3) is 0.579. The summed E-state index contributed by atoms with van der Waals surface area (Å²) in [6.07, 6.45) is 0. The number of benzene rings is 1. The van der Waals surface area contributed by atoms with Crippen LogP contribution in [-0.4, -0.2) is 61.3 Å². The van der Waals surface area contributed by atoms with E-state index in [0.29, 0.717) is 17.8 Å². The number of para-hydroxylation sites is 1. The highest BCUT2D eigenvalue weighted by molar-refractivity contribution is 6.03. The summed E-state index contributed by atoms with van der Waals surface area (Å²) in [4.78, 5) is 26.9. The zero-order chi connectivity index (χ0) is 19.2. The van der Waals surface area contributed by atoms with Crippen LogP contribution in [0, 0.1) is 0 Å². The van der Waals surface area contributed by atoms with E-state index in [-0.39, 0.29) is 23.5 Å². The van der Waals surface area contributed by atoms with Gasteiger partial charge in [-0.2, -0.15) is 0 Å². The van der Waals surface area contributed by atoms with Crippen LogP contribution in [-0.2, 0) is 4.74 Å². The van der Waals surface area contributed by atoms with Crippen molar-refractivity contribution >= 4 is 17.6 Å². The van der Waals surface area contributed by atoms with Crippen LogP contribution in [0.15, 0.2) is 24.3 Å². The number of anilines is 1. The standard InChI is InChI=1S/C19H30N4O3/c1-14(2)21-18(25)22-16-8-6-5-7-15(16)17(24)20-13-19(3,4)23-9-11-26-12-10-23/h5-8,14H,9-13H2,1-4H3,(H,20,24)(H2,21,22,25). The van der Waals surface area contributed by atoms with Gasteiger partial charge in [0.15, 0.2) is 0 Å². The SMILES string of the molecule is CC(C)NC(=O)Nc1ccccc1C(=O)NCC(C)(C)N1CCOCC1. The van der Waals surface area contributed by atoms with Gasteiger partial charge in [-0.05, 0) is 39.8 Å². The molecule has 7 heteroatoms. The molecular formula is C19H30N4O3. The van der Waals surface area contributed by atoms with Gasteiger partial charge in [-0.15, -0.1) is 0 Å². The average Bonchev–Trinajstić information content (AvgIpc) is 2.60. The van der Waals surface area contributed by atoms with Crippen LogP contribution in [0.3, 0.4) is 0 Å². The Morgan fingerprint density at radius 2 is 1.85 bits per heavy atom.